The van der Waals surface area contributed by atoms with Gasteiger partial charge in [0.2, 0.25) is 0 Å². The predicted molar refractivity (Wildman–Crippen MR) is 78.3 cm³/mol. The second kappa shape index (κ2) is 6.52. The zero-order valence-corrected chi connectivity index (χ0v) is 12.4. The molecular weight excluding hydrogens is 325 g/mol. The van der Waals surface area contributed by atoms with Crippen molar-refractivity contribution in [2.45, 2.75) is 6.54 Å². The lowest BCUT2D eigenvalue weighted by Crippen LogP contribution is -2.23. The summed E-state index contributed by atoms with van der Waals surface area (Å²) in [6, 6.07) is 11.7. The molecule has 1 amide bonds. The van der Waals surface area contributed by atoms with Gasteiger partial charge < -0.3 is 10.1 Å². The van der Waals surface area contributed by atoms with E-state index in [0.29, 0.717) is 16.8 Å². The van der Waals surface area contributed by atoms with Crippen LogP contribution in [0, 0.1) is 5.82 Å². The SMILES string of the molecule is COc1cccc(CNC(=O)c2ccc(Br)cc2F)c1. The summed E-state index contributed by atoms with van der Waals surface area (Å²) in [4.78, 5) is 11.9. The molecule has 104 valence electrons. The maximum absolute atomic E-state index is 13.6. The van der Waals surface area contributed by atoms with Crippen LogP contribution in [0.2, 0.25) is 0 Å². The van der Waals surface area contributed by atoms with E-state index in [1.54, 1.807) is 13.2 Å². The van der Waals surface area contributed by atoms with E-state index < -0.39 is 11.7 Å². The van der Waals surface area contributed by atoms with Crippen molar-refractivity contribution in [1.82, 2.24) is 5.32 Å². The first-order valence-electron chi connectivity index (χ1n) is 5.96. The molecule has 0 unspecified atom stereocenters. The lowest BCUT2D eigenvalue weighted by atomic mass is 10.2. The number of rotatable bonds is 4. The first-order valence-corrected chi connectivity index (χ1v) is 6.75. The molecule has 0 aromatic heterocycles. The van der Waals surface area contributed by atoms with Gasteiger partial charge in [-0.3, -0.25) is 4.79 Å². The third-order valence-corrected chi connectivity index (χ3v) is 3.26. The van der Waals surface area contributed by atoms with Gasteiger partial charge >= 0.3 is 0 Å². The van der Waals surface area contributed by atoms with E-state index >= 15 is 0 Å². The van der Waals surface area contributed by atoms with Gasteiger partial charge in [-0.2, -0.15) is 0 Å². The number of hydrogen-bond acceptors (Lipinski definition) is 2. The quantitative estimate of drug-likeness (QED) is 0.926. The molecule has 2 aromatic carbocycles. The van der Waals surface area contributed by atoms with Crippen LogP contribution in [0.1, 0.15) is 15.9 Å². The summed E-state index contributed by atoms with van der Waals surface area (Å²) < 4.78 is 19.3. The van der Waals surface area contributed by atoms with Gasteiger partial charge in [0.1, 0.15) is 11.6 Å². The van der Waals surface area contributed by atoms with Crippen molar-refractivity contribution in [2.75, 3.05) is 7.11 Å². The fraction of sp³-hybridized carbons (Fsp3) is 0.133. The van der Waals surface area contributed by atoms with Crippen LogP contribution in [0.25, 0.3) is 0 Å². The van der Waals surface area contributed by atoms with Crippen molar-refractivity contribution in [3.63, 3.8) is 0 Å². The maximum atomic E-state index is 13.6. The molecule has 0 saturated carbocycles. The first-order chi connectivity index (χ1) is 9.60. The highest BCUT2D eigenvalue weighted by atomic mass is 79.9. The summed E-state index contributed by atoms with van der Waals surface area (Å²) in [6.07, 6.45) is 0. The van der Waals surface area contributed by atoms with Gasteiger partial charge in [-0.1, -0.05) is 28.1 Å². The largest absolute Gasteiger partial charge is 0.497 e. The summed E-state index contributed by atoms with van der Waals surface area (Å²) in [5, 5.41) is 2.68. The number of methoxy groups -OCH3 is 1. The molecular formula is C15H13BrFNO2. The Morgan fingerprint density at radius 3 is 2.80 bits per heavy atom. The van der Waals surface area contributed by atoms with Crippen molar-refractivity contribution in [1.29, 1.82) is 0 Å². The molecule has 0 aliphatic rings. The minimum Gasteiger partial charge on any atom is -0.497 e. The predicted octanol–water partition coefficient (Wildman–Crippen LogP) is 3.53. The molecule has 0 fully saturated rings. The molecule has 0 atom stereocenters. The van der Waals surface area contributed by atoms with E-state index in [9.17, 15) is 9.18 Å². The van der Waals surface area contributed by atoms with E-state index in [0.717, 1.165) is 5.56 Å². The van der Waals surface area contributed by atoms with Gasteiger partial charge in [-0.25, -0.2) is 4.39 Å². The Morgan fingerprint density at radius 2 is 2.10 bits per heavy atom. The smallest absolute Gasteiger partial charge is 0.254 e. The molecule has 0 heterocycles. The lowest BCUT2D eigenvalue weighted by Gasteiger charge is -2.08. The van der Waals surface area contributed by atoms with Crippen LogP contribution in [-0.2, 0) is 6.54 Å². The molecule has 2 aromatic rings. The van der Waals surface area contributed by atoms with Crippen LogP contribution in [0.3, 0.4) is 0 Å². The highest BCUT2D eigenvalue weighted by molar-refractivity contribution is 9.10. The fourth-order valence-corrected chi connectivity index (χ4v) is 2.07. The number of hydrogen-bond donors (Lipinski definition) is 1. The van der Waals surface area contributed by atoms with Crippen LogP contribution in [0.4, 0.5) is 4.39 Å². The molecule has 2 rings (SSSR count). The molecule has 3 nitrogen and oxygen atoms in total. The minimum atomic E-state index is -0.553. The van der Waals surface area contributed by atoms with Crippen LogP contribution < -0.4 is 10.1 Å². The molecule has 5 heteroatoms. The molecule has 0 aliphatic carbocycles. The van der Waals surface area contributed by atoms with E-state index in [-0.39, 0.29) is 5.56 Å². The molecule has 0 aliphatic heterocycles. The summed E-state index contributed by atoms with van der Waals surface area (Å²) >= 11 is 3.15. The van der Waals surface area contributed by atoms with Crippen molar-refractivity contribution in [3.05, 3.63) is 63.9 Å². The number of benzene rings is 2. The summed E-state index contributed by atoms with van der Waals surface area (Å²) in [5.74, 6) is -0.285. The van der Waals surface area contributed by atoms with Gasteiger partial charge in [0.15, 0.2) is 0 Å². The van der Waals surface area contributed by atoms with Crippen molar-refractivity contribution >= 4 is 21.8 Å². The maximum Gasteiger partial charge on any atom is 0.254 e. The Bertz CT molecular complexity index is 631. The van der Waals surface area contributed by atoms with Gasteiger partial charge in [0.05, 0.1) is 12.7 Å². The summed E-state index contributed by atoms with van der Waals surface area (Å²) in [6.45, 7) is 0.311. The van der Waals surface area contributed by atoms with Gasteiger partial charge in [0, 0.05) is 11.0 Å². The Kier molecular flexibility index (Phi) is 4.74. The highest BCUT2D eigenvalue weighted by Gasteiger charge is 2.11. The second-order valence-electron chi connectivity index (χ2n) is 4.16. The second-order valence-corrected chi connectivity index (χ2v) is 5.07. The topological polar surface area (TPSA) is 38.3 Å². The Hall–Kier alpha value is -1.88. The molecule has 0 radical (unpaired) electrons. The van der Waals surface area contributed by atoms with Gasteiger partial charge in [0.25, 0.3) is 5.91 Å². The standard InChI is InChI=1S/C15H13BrFNO2/c1-20-12-4-2-3-10(7-12)9-18-15(19)13-6-5-11(16)8-14(13)17/h2-8H,9H2,1H3,(H,18,19). The average Bonchev–Trinajstić information content (AvgIpc) is 2.45. The van der Waals surface area contributed by atoms with Crippen molar-refractivity contribution < 1.29 is 13.9 Å². The van der Waals surface area contributed by atoms with Crippen LogP contribution in [0.15, 0.2) is 46.9 Å². The monoisotopic (exact) mass is 337 g/mol. The summed E-state index contributed by atoms with van der Waals surface area (Å²) in [7, 11) is 1.58. The van der Waals surface area contributed by atoms with Crippen LogP contribution >= 0.6 is 15.9 Å². The third kappa shape index (κ3) is 3.57. The van der Waals surface area contributed by atoms with Gasteiger partial charge in [-0.15, -0.1) is 0 Å². The minimum absolute atomic E-state index is 0.0242. The van der Waals surface area contributed by atoms with E-state index in [4.69, 9.17) is 4.74 Å². The number of halogens is 2. The van der Waals surface area contributed by atoms with E-state index in [1.807, 2.05) is 24.3 Å². The molecule has 20 heavy (non-hydrogen) atoms. The van der Waals surface area contributed by atoms with Crippen LogP contribution in [-0.4, -0.2) is 13.0 Å². The Balaban J connectivity index is 2.04. The molecule has 0 saturated heterocycles. The molecule has 1 N–H and O–H groups in total. The lowest BCUT2D eigenvalue weighted by molar-refractivity contribution is 0.0947. The number of carbonyl (C=O) groups excluding carboxylic acids is 1. The zero-order valence-electron chi connectivity index (χ0n) is 10.8. The normalized spacial score (nSPS) is 10.2. The molecule has 0 spiro atoms. The van der Waals surface area contributed by atoms with Crippen molar-refractivity contribution in [3.8, 4) is 5.75 Å². The highest BCUT2D eigenvalue weighted by Crippen LogP contribution is 2.16. The first kappa shape index (κ1) is 14.5. The molecule has 0 bridgehead atoms. The average molecular weight is 338 g/mol. The Labute approximate surface area is 124 Å². The van der Waals surface area contributed by atoms with Crippen LogP contribution in [0.5, 0.6) is 5.75 Å². The summed E-state index contributed by atoms with van der Waals surface area (Å²) in [5.41, 5.74) is 0.909. The fourth-order valence-electron chi connectivity index (χ4n) is 1.73. The van der Waals surface area contributed by atoms with Crippen molar-refractivity contribution in [2.24, 2.45) is 0 Å². The third-order valence-electron chi connectivity index (χ3n) is 2.76. The van der Waals surface area contributed by atoms with Gasteiger partial charge in [-0.05, 0) is 35.9 Å². The Morgan fingerprint density at radius 1 is 1.30 bits per heavy atom. The number of nitrogens with one attached hydrogen (secondary N) is 1. The van der Waals surface area contributed by atoms with E-state index in [1.165, 1.54) is 12.1 Å². The van der Waals surface area contributed by atoms with E-state index in [2.05, 4.69) is 21.2 Å². The number of amides is 1. The number of ether oxygens (including phenoxy) is 1. The zero-order chi connectivity index (χ0) is 14.5. The number of carbonyl (C=O) groups is 1.